The summed E-state index contributed by atoms with van der Waals surface area (Å²) in [6.07, 6.45) is 25.6. The van der Waals surface area contributed by atoms with Crippen molar-refractivity contribution < 1.29 is 13.9 Å². The standard InChI is InChI=1S/C25H38O3/c1-3-5-6-7-8-9-10-11-12-13-14-15-16-17-18-19-22-27-25-21-20-24(28-25)23(26)4-2/h5-6,8-9,11-12,20-21H,3-4,7,10,13-19,22H2,1-2H3. The molecular formula is C25H38O3. The highest BCUT2D eigenvalue weighted by atomic mass is 16.6. The molecule has 0 aliphatic heterocycles. The van der Waals surface area contributed by atoms with Crippen LogP contribution in [0.2, 0.25) is 0 Å². The molecule has 0 saturated carbocycles. The van der Waals surface area contributed by atoms with Gasteiger partial charge in [0.15, 0.2) is 11.5 Å². The number of carbonyl (C=O) groups excluding carboxylic acids is 1. The van der Waals surface area contributed by atoms with Gasteiger partial charge >= 0.3 is 0 Å². The number of furan rings is 1. The minimum absolute atomic E-state index is 0.0148. The summed E-state index contributed by atoms with van der Waals surface area (Å²) in [5, 5.41) is 0. The van der Waals surface area contributed by atoms with Crippen molar-refractivity contribution in [1.82, 2.24) is 0 Å². The predicted molar refractivity (Wildman–Crippen MR) is 118 cm³/mol. The maximum absolute atomic E-state index is 11.5. The van der Waals surface area contributed by atoms with Gasteiger partial charge in [-0.05, 0) is 44.6 Å². The number of hydrogen-bond donors (Lipinski definition) is 0. The molecule has 0 N–H and O–H groups in total. The van der Waals surface area contributed by atoms with Gasteiger partial charge in [-0.25, -0.2) is 0 Å². The molecule has 0 atom stereocenters. The van der Waals surface area contributed by atoms with Gasteiger partial charge in [-0.2, -0.15) is 0 Å². The molecule has 0 radical (unpaired) electrons. The lowest BCUT2D eigenvalue weighted by molar-refractivity contribution is 0.0952. The summed E-state index contributed by atoms with van der Waals surface area (Å²) >= 11 is 0. The second-order valence-corrected chi connectivity index (χ2v) is 6.95. The lowest BCUT2D eigenvalue weighted by Gasteiger charge is -2.03. The van der Waals surface area contributed by atoms with E-state index in [0.717, 1.165) is 25.7 Å². The van der Waals surface area contributed by atoms with Crippen molar-refractivity contribution in [3.8, 4) is 5.95 Å². The van der Waals surface area contributed by atoms with E-state index in [1.807, 2.05) is 6.92 Å². The average Bonchev–Trinajstić information content (AvgIpc) is 3.18. The Morgan fingerprint density at radius 3 is 2.21 bits per heavy atom. The second kappa shape index (κ2) is 17.1. The van der Waals surface area contributed by atoms with Crippen LogP contribution < -0.4 is 4.74 Å². The van der Waals surface area contributed by atoms with Gasteiger partial charge in [-0.1, -0.05) is 76.0 Å². The average molecular weight is 387 g/mol. The van der Waals surface area contributed by atoms with Gasteiger partial charge in [0, 0.05) is 12.5 Å². The summed E-state index contributed by atoms with van der Waals surface area (Å²) in [5.41, 5.74) is 0. The first-order valence-corrected chi connectivity index (χ1v) is 11.0. The number of hydrogen-bond acceptors (Lipinski definition) is 3. The normalized spacial score (nSPS) is 11.9. The third kappa shape index (κ3) is 12.4. The molecule has 1 aromatic rings. The van der Waals surface area contributed by atoms with Crippen molar-refractivity contribution in [3.63, 3.8) is 0 Å². The fraction of sp³-hybridized carbons (Fsp3) is 0.560. The van der Waals surface area contributed by atoms with E-state index in [4.69, 9.17) is 9.15 Å². The number of ketones is 1. The van der Waals surface area contributed by atoms with E-state index < -0.39 is 0 Å². The molecule has 0 saturated heterocycles. The maximum Gasteiger partial charge on any atom is 0.284 e. The van der Waals surface area contributed by atoms with Crippen molar-refractivity contribution in [2.45, 2.75) is 84.5 Å². The van der Waals surface area contributed by atoms with Crippen LogP contribution in [0.3, 0.4) is 0 Å². The van der Waals surface area contributed by atoms with Crippen LogP contribution in [-0.2, 0) is 0 Å². The first kappa shape index (κ1) is 24.0. The molecule has 3 heteroatoms. The van der Waals surface area contributed by atoms with Crippen LogP contribution >= 0.6 is 0 Å². The van der Waals surface area contributed by atoms with Crippen molar-refractivity contribution >= 4 is 5.78 Å². The third-order valence-corrected chi connectivity index (χ3v) is 4.47. The highest BCUT2D eigenvalue weighted by Crippen LogP contribution is 2.18. The first-order chi connectivity index (χ1) is 13.8. The first-order valence-electron chi connectivity index (χ1n) is 11.0. The molecule has 28 heavy (non-hydrogen) atoms. The van der Waals surface area contributed by atoms with Gasteiger partial charge in [0.05, 0.1) is 6.61 Å². The van der Waals surface area contributed by atoms with Gasteiger partial charge < -0.3 is 9.15 Å². The lowest BCUT2D eigenvalue weighted by atomic mass is 10.1. The van der Waals surface area contributed by atoms with E-state index in [-0.39, 0.29) is 5.78 Å². The van der Waals surface area contributed by atoms with Crippen LogP contribution in [0.25, 0.3) is 0 Å². The zero-order chi connectivity index (χ0) is 20.3. The number of rotatable bonds is 17. The Morgan fingerprint density at radius 2 is 1.50 bits per heavy atom. The van der Waals surface area contributed by atoms with Gasteiger partial charge in [-0.3, -0.25) is 4.79 Å². The molecule has 156 valence electrons. The maximum atomic E-state index is 11.5. The van der Waals surface area contributed by atoms with Crippen LogP contribution in [0.4, 0.5) is 0 Å². The third-order valence-electron chi connectivity index (χ3n) is 4.47. The van der Waals surface area contributed by atoms with E-state index in [9.17, 15) is 4.79 Å². The SMILES string of the molecule is CCC=CCC=CCC=CCCCCCCCCOc1ccc(C(=O)CC)o1. The Bertz CT molecular complexity index is 593. The van der Waals surface area contributed by atoms with Crippen LogP contribution in [-0.4, -0.2) is 12.4 Å². The molecule has 0 spiro atoms. The topological polar surface area (TPSA) is 39.4 Å². The zero-order valence-electron chi connectivity index (χ0n) is 17.8. The fourth-order valence-electron chi connectivity index (χ4n) is 2.79. The molecule has 1 rings (SSSR count). The molecule has 0 amide bonds. The fourth-order valence-corrected chi connectivity index (χ4v) is 2.79. The van der Waals surface area contributed by atoms with Crippen LogP contribution in [0.5, 0.6) is 5.95 Å². The number of ether oxygens (including phenoxy) is 1. The van der Waals surface area contributed by atoms with Crippen LogP contribution in [0, 0.1) is 0 Å². The molecule has 0 aliphatic rings. The Balaban J connectivity index is 1.89. The monoisotopic (exact) mass is 386 g/mol. The van der Waals surface area contributed by atoms with Crippen molar-refractivity contribution in [1.29, 1.82) is 0 Å². The Kier molecular flexibility index (Phi) is 14.7. The zero-order valence-corrected chi connectivity index (χ0v) is 17.8. The lowest BCUT2D eigenvalue weighted by Crippen LogP contribution is -1.97. The Hall–Kier alpha value is -2.03. The highest BCUT2D eigenvalue weighted by Gasteiger charge is 2.09. The molecule has 1 heterocycles. The summed E-state index contributed by atoms with van der Waals surface area (Å²) < 4.78 is 10.9. The molecule has 0 aliphatic carbocycles. The molecule has 1 aromatic heterocycles. The largest absolute Gasteiger partial charge is 0.465 e. The number of Topliss-reactive ketones (excluding diaryl/α,β-unsaturated/α-hetero) is 1. The number of unbranched alkanes of at least 4 members (excludes halogenated alkanes) is 6. The molecular weight excluding hydrogens is 348 g/mol. The Labute approximate surface area is 171 Å². The summed E-state index contributed by atoms with van der Waals surface area (Å²) in [6.45, 7) is 4.64. The van der Waals surface area contributed by atoms with E-state index in [0.29, 0.717) is 24.7 Å². The minimum Gasteiger partial charge on any atom is -0.465 e. The summed E-state index contributed by atoms with van der Waals surface area (Å²) in [7, 11) is 0. The summed E-state index contributed by atoms with van der Waals surface area (Å²) in [6, 6.07) is 3.42. The van der Waals surface area contributed by atoms with E-state index in [2.05, 4.69) is 43.4 Å². The summed E-state index contributed by atoms with van der Waals surface area (Å²) in [4.78, 5) is 11.5. The minimum atomic E-state index is 0.0148. The van der Waals surface area contributed by atoms with Crippen molar-refractivity contribution in [2.24, 2.45) is 0 Å². The van der Waals surface area contributed by atoms with E-state index >= 15 is 0 Å². The molecule has 3 nitrogen and oxygen atoms in total. The van der Waals surface area contributed by atoms with E-state index in [1.165, 1.54) is 38.5 Å². The predicted octanol–water partition coefficient (Wildman–Crippen LogP) is 7.84. The van der Waals surface area contributed by atoms with Gasteiger partial charge in [0.1, 0.15) is 0 Å². The highest BCUT2D eigenvalue weighted by molar-refractivity contribution is 5.93. The van der Waals surface area contributed by atoms with Gasteiger partial charge in [-0.15, -0.1) is 0 Å². The quantitative estimate of drug-likeness (QED) is 0.155. The van der Waals surface area contributed by atoms with Crippen molar-refractivity contribution in [2.75, 3.05) is 6.61 Å². The van der Waals surface area contributed by atoms with Crippen LogP contribution in [0.1, 0.15) is 95.0 Å². The smallest absolute Gasteiger partial charge is 0.284 e. The molecule has 0 bridgehead atoms. The van der Waals surface area contributed by atoms with E-state index in [1.54, 1.807) is 12.1 Å². The summed E-state index contributed by atoms with van der Waals surface area (Å²) in [5.74, 6) is 0.864. The molecule has 0 fully saturated rings. The second-order valence-electron chi connectivity index (χ2n) is 6.95. The molecule has 0 unspecified atom stereocenters. The van der Waals surface area contributed by atoms with Gasteiger partial charge in [0.2, 0.25) is 0 Å². The van der Waals surface area contributed by atoms with Gasteiger partial charge in [0.25, 0.3) is 5.95 Å². The molecule has 0 aromatic carbocycles. The van der Waals surface area contributed by atoms with Crippen molar-refractivity contribution in [3.05, 3.63) is 54.3 Å². The van der Waals surface area contributed by atoms with Crippen LogP contribution in [0.15, 0.2) is 53.0 Å². The number of carbonyl (C=O) groups is 1. The number of allylic oxidation sites excluding steroid dienone is 6. The Morgan fingerprint density at radius 1 is 0.857 bits per heavy atom.